The molecule has 1 aliphatic carbocycles. The molecule has 75 valence electrons. The summed E-state index contributed by atoms with van der Waals surface area (Å²) in [6.07, 6.45) is 4.66. The highest BCUT2D eigenvalue weighted by atomic mass is 16.7. The minimum atomic E-state index is -0.575. The molecule has 0 heterocycles. The van der Waals surface area contributed by atoms with Crippen LogP contribution in [-0.2, 0) is 9.47 Å². The van der Waals surface area contributed by atoms with Gasteiger partial charge in [-0.3, -0.25) is 0 Å². The fourth-order valence-electron chi connectivity index (χ4n) is 1.51. The van der Waals surface area contributed by atoms with Crippen molar-refractivity contribution < 1.29 is 14.3 Å². The maximum Gasteiger partial charge on any atom is 0.508 e. The van der Waals surface area contributed by atoms with Crippen LogP contribution in [0.3, 0.4) is 0 Å². The molecule has 1 saturated carbocycles. The van der Waals surface area contributed by atoms with E-state index in [4.69, 9.17) is 9.47 Å². The number of carbonyl (C=O) groups is 1. The summed E-state index contributed by atoms with van der Waals surface area (Å²) in [5.41, 5.74) is 0. The van der Waals surface area contributed by atoms with Crippen molar-refractivity contribution in [1.29, 1.82) is 0 Å². The molecule has 0 N–H and O–H groups in total. The first-order chi connectivity index (χ1) is 6.18. The van der Waals surface area contributed by atoms with Crippen molar-refractivity contribution in [3.8, 4) is 0 Å². The van der Waals surface area contributed by atoms with Crippen LogP contribution in [-0.4, -0.2) is 18.4 Å². The quantitative estimate of drug-likeness (QED) is 0.620. The average molecular weight is 185 g/mol. The normalized spacial score (nSPS) is 18.7. The number of ether oxygens (including phenoxy) is 2. The van der Waals surface area contributed by atoms with Crippen LogP contribution in [0.4, 0.5) is 4.79 Å². The van der Waals surface area contributed by atoms with Crippen LogP contribution in [0.15, 0.2) is 0 Å². The average Bonchev–Trinajstić information content (AvgIpc) is 2.04. The first-order valence-corrected chi connectivity index (χ1v) is 4.89. The van der Waals surface area contributed by atoms with Crippen molar-refractivity contribution >= 4 is 6.16 Å². The second kappa shape index (κ2) is 5.10. The maximum absolute atomic E-state index is 11.0. The summed E-state index contributed by atoms with van der Waals surface area (Å²) in [7, 11) is 0. The summed E-state index contributed by atoms with van der Waals surface area (Å²) in [6, 6.07) is 0. The Hall–Kier alpha value is -0.730. The zero-order chi connectivity index (χ0) is 9.68. The number of hydrogen-bond acceptors (Lipinski definition) is 3. The molecule has 0 unspecified atom stereocenters. The van der Waals surface area contributed by atoms with E-state index in [0.29, 0.717) is 0 Å². The lowest BCUT2D eigenvalue weighted by Crippen LogP contribution is -2.23. The minimum absolute atomic E-state index is 0.0694. The lowest BCUT2D eigenvalue weighted by molar-refractivity contribution is 0.00150. The summed E-state index contributed by atoms with van der Waals surface area (Å²) in [6.45, 7) is 5.26. The van der Waals surface area contributed by atoms with Crippen molar-refractivity contribution in [2.75, 3.05) is 0 Å². The second-order valence-corrected chi connectivity index (χ2v) is 3.56. The molecule has 1 aliphatic rings. The zero-order valence-electron chi connectivity index (χ0n) is 8.12. The number of rotatable bonds is 2. The van der Waals surface area contributed by atoms with Crippen molar-refractivity contribution in [2.45, 2.75) is 51.2 Å². The zero-order valence-corrected chi connectivity index (χ0v) is 8.12. The SMILES string of the molecule is [CH2][C@@H](C)OC(=O)OC1CCCCC1. The van der Waals surface area contributed by atoms with Gasteiger partial charge in [-0.1, -0.05) is 6.42 Å². The van der Waals surface area contributed by atoms with Gasteiger partial charge in [-0.25, -0.2) is 4.79 Å². The predicted octanol–water partition coefficient (Wildman–Crippen LogP) is 2.69. The van der Waals surface area contributed by atoms with Crippen LogP contribution in [0.2, 0.25) is 0 Å². The van der Waals surface area contributed by atoms with E-state index in [1.54, 1.807) is 6.92 Å². The van der Waals surface area contributed by atoms with Crippen LogP contribution in [0.25, 0.3) is 0 Å². The second-order valence-electron chi connectivity index (χ2n) is 3.56. The smallest absolute Gasteiger partial charge is 0.431 e. The molecular formula is C10H17O3. The molecule has 1 rings (SSSR count). The van der Waals surface area contributed by atoms with Gasteiger partial charge in [0.25, 0.3) is 0 Å². The van der Waals surface area contributed by atoms with Gasteiger partial charge in [0.05, 0.1) is 0 Å². The van der Waals surface area contributed by atoms with E-state index in [9.17, 15) is 4.79 Å². The van der Waals surface area contributed by atoms with Crippen LogP contribution in [0, 0.1) is 6.92 Å². The molecule has 3 nitrogen and oxygen atoms in total. The Labute approximate surface area is 79.4 Å². The third-order valence-electron chi connectivity index (χ3n) is 2.11. The van der Waals surface area contributed by atoms with Gasteiger partial charge in [0.2, 0.25) is 0 Å². The summed E-state index contributed by atoms with van der Waals surface area (Å²) >= 11 is 0. The lowest BCUT2D eigenvalue weighted by atomic mass is 9.98. The predicted molar refractivity (Wildman–Crippen MR) is 49.3 cm³/mol. The largest absolute Gasteiger partial charge is 0.508 e. The minimum Gasteiger partial charge on any atom is -0.431 e. The molecule has 0 saturated heterocycles. The fraction of sp³-hybridized carbons (Fsp3) is 0.800. The summed E-state index contributed by atoms with van der Waals surface area (Å²) in [4.78, 5) is 11.0. The standard InChI is InChI=1S/C10H17O3/c1-8(2)12-10(11)13-9-6-4-3-5-7-9/h8-9H,1,3-7H2,2H3/t8-/m0/s1. The monoisotopic (exact) mass is 185 g/mol. The molecule has 0 amide bonds. The van der Waals surface area contributed by atoms with Gasteiger partial charge in [-0.2, -0.15) is 0 Å². The van der Waals surface area contributed by atoms with Gasteiger partial charge in [0, 0.05) is 0 Å². The van der Waals surface area contributed by atoms with Crippen molar-refractivity contribution in [3.63, 3.8) is 0 Å². The molecule has 0 bridgehead atoms. The van der Waals surface area contributed by atoms with Crippen molar-refractivity contribution in [2.24, 2.45) is 0 Å². The Balaban J connectivity index is 2.18. The first kappa shape index (κ1) is 10.4. The summed E-state index contributed by atoms with van der Waals surface area (Å²) < 4.78 is 9.88. The van der Waals surface area contributed by atoms with Crippen LogP contribution < -0.4 is 0 Å². The summed E-state index contributed by atoms with van der Waals surface area (Å²) in [5.74, 6) is 0. The third kappa shape index (κ3) is 4.15. The highest BCUT2D eigenvalue weighted by Gasteiger charge is 2.18. The number of hydrogen-bond donors (Lipinski definition) is 0. The number of carbonyl (C=O) groups excluding carboxylic acids is 1. The van der Waals surface area contributed by atoms with E-state index < -0.39 is 6.16 Å². The van der Waals surface area contributed by atoms with E-state index >= 15 is 0 Å². The first-order valence-electron chi connectivity index (χ1n) is 4.89. The molecule has 1 fully saturated rings. The Morgan fingerprint density at radius 2 is 2.00 bits per heavy atom. The molecule has 0 aliphatic heterocycles. The van der Waals surface area contributed by atoms with E-state index in [-0.39, 0.29) is 12.2 Å². The third-order valence-corrected chi connectivity index (χ3v) is 2.11. The van der Waals surface area contributed by atoms with Gasteiger partial charge in [0.15, 0.2) is 0 Å². The van der Waals surface area contributed by atoms with E-state index in [1.807, 2.05) is 0 Å². The highest BCUT2D eigenvalue weighted by Crippen LogP contribution is 2.20. The Morgan fingerprint density at radius 1 is 1.38 bits per heavy atom. The van der Waals surface area contributed by atoms with Gasteiger partial charge < -0.3 is 9.47 Å². The van der Waals surface area contributed by atoms with E-state index in [0.717, 1.165) is 25.7 Å². The highest BCUT2D eigenvalue weighted by molar-refractivity contribution is 5.60. The maximum atomic E-state index is 11.0. The van der Waals surface area contributed by atoms with Crippen LogP contribution >= 0.6 is 0 Å². The molecule has 0 aromatic heterocycles. The molecule has 0 spiro atoms. The topological polar surface area (TPSA) is 35.5 Å². The molecule has 1 radical (unpaired) electrons. The Kier molecular flexibility index (Phi) is 4.06. The van der Waals surface area contributed by atoms with Gasteiger partial charge >= 0.3 is 6.16 Å². The summed E-state index contributed by atoms with van der Waals surface area (Å²) in [5, 5.41) is 0. The molecule has 1 atom stereocenters. The Bertz CT molecular complexity index is 160. The molecule has 0 aromatic rings. The van der Waals surface area contributed by atoms with E-state index in [2.05, 4.69) is 6.92 Å². The van der Waals surface area contributed by atoms with Gasteiger partial charge in [-0.15, -0.1) is 0 Å². The van der Waals surface area contributed by atoms with Gasteiger partial charge in [0.1, 0.15) is 12.2 Å². The van der Waals surface area contributed by atoms with Crippen LogP contribution in [0.1, 0.15) is 39.0 Å². The fourth-order valence-corrected chi connectivity index (χ4v) is 1.51. The van der Waals surface area contributed by atoms with Crippen molar-refractivity contribution in [3.05, 3.63) is 6.92 Å². The molecular weight excluding hydrogens is 168 g/mol. The van der Waals surface area contributed by atoms with Crippen LogP contribution in [0.5, 0.6) is 0 Å². The van der Waals surface area contributed by atoms with Crippen molar-refractivity contribution in [1.82, 2.24) is 0 Å². The molecule has 0 aromatic carbocycles. The molecule has 13 heavy (non-hydrogen) atoms. The lowest BCUT2D eigenvalue weighted by Gasteiger charge is -2.21. The molecule has 3 heteroatoms. The Morgan fingerprint density at radius 3 is 2.54 bits per heavy atom. The van der Waals surface area contributed by atoms with Gasteiger partial charge in [-0.05, 0) is 39.5 Å². The van der Waals surface area contributed by atoms with E-state index in [1.165, 1.54) is 6.42 Å².